The van der Waals surface area contributed by atoms with Crippen LogP contribution in [0, 0.1) is 12.8 Å². The number of hydrogen-bond acceptors (Lipinski definition) is 3. The van der Waals surface area contributed by atoms with Crippen molar-refractivity contribution in [1.82, 2.24) is 0 Å². The minimum absolute atomic E-state index is 0.268. The fourth-order valence-electron chi connectivity index (χ4n) is 2.68. The van der Waals surface area contributed by atoms with Crippen LogP contribution in [0.25, 0.3) is 0 Å². The van der Waals surface area contributed by atoms with Crippen LogP contribution in [-0.4, -0.2) is 19.1 Å². The van der Waals surface area contributed by atoms with Crippen molar-refractivity contribution in [3.05, 3.63) is 29.3 Å². The first-order chi connectivity index (χ1) is 8.61. The van der Waals surface area contributed by atoms with Gasteiger partial charge in [0.25, 0.3) is 0 Å². The number of esters is 1. The molecular formula is C15H21NO2. The number of carbonyl (C=O) groups excluding carboxylic acids is 1. The van der Waals surface area contributed by atoms with Crippen LogP contribution in [0.1, 0.15) is 42.1 Å². The molecule has 0 radical (unpaired) electrons. The zero-order valence-electron chi connectivity index (χ0n) is 11.3. The lowest BCUT2D eigenvalue weighted by Gasteiger charge is -2.17. The van der Waals surface area contributed by atoms with Gasteiger partial charge in [0, 0.05) is 11.7 Å². The van der Waals surface area contributed by atoms with Gasteiger partial charge in [0.1, 0.15) is 0 Å². The van der Waals surface area contributed by atoms with Crippen molar-refractivity contribution in [2.45, 2.75) is 39.2 Å². The summed E-state index contributed by atoms with van der Waals surface area (Å²) in [4.78, 5) is 11.6. The van der Waals surface area contributed by atoms with E-state index in [1.165, 1.54) is 26.4 Å². The molecule has 1 aliphatic rings. The van der Waals surface area contributed by atoms with Gasteiger partial charge < -0.3 is 10.1 Å². The van der Waals surface area contributed by atoms with Gasteiger partial charge in [-0.1, -0.05) is 13.0 Å². The number of hydrogen-bond donors (Lipinski definition) is 1. The third kappa shape index (κ3) is 2.66. The summed E-state index contributed by atoms with van der Waals surface area (Å²) >= 11 is 0. The van der Waals surface area contributed by atoms with Crippen molar-refractivity contribution in [3.8, 4) is 0 Å². The molecule has 0 aromatic heterocycles. The summed E-state index contributed by atoms with van der Waals surface area (Å²) in [5.74, 6) is 0.530. The standard InChI is InChI=1S/C15H21NO2/c1-10-7-8-12(9-10)16-14-6-4-5-13(11(14)2)15(17)18-3/h4-6,10,12,16H,7-9H2,1-3H3. The lowest BCUT2D eigenvalue weighted by atomic mass is 10.1. The van der Waals surface area contributed by atoms with E-state index in [1.54, 1.807) is 0 Å². The maximum absolute atomic E-state index is 11.6. The van der Waals surface area contributed by atoms with Gasteiger partial charge in [-0.2, -0.15) is 0 Å². The molecule has 1 saturated carbocycles. The highest BCUT2D eigenvalue weighted by atomic mass is 16.5. The van der Waals surface area contributed by atoms with Gasteiger partial charge in [0.15, 0.2) is 0 Å². The van der Waals surface area contributed by atoms with Crippen molar-refractivity contribution in [2.75, 3.05) is 12.4 Å². The Morgan fingerprint density at radius 2 is 2.17 bits per heavy atom. The molecule has 0 amide bonds. The van der Waals surface area contributed by atoms with Crippen LogP contribution in [0.5, 0.6) is 0 Å². The molecule has 1 fully saturated rings. The SMILES string of the molecule is COC(=O)c1cccc(NC2CCC(C)C2)c1C. The Hall–Kier alpha value is -1.51. The highest BCUT2D eigenvalue weighted by Crippen LogP contribution is 2.29. The molecule has 0 spiro atoms. The molecule has 1 aromatic carbocycles. The molecule has 2 rings (SSSR count). The quantitative estimate of drug-likeness (QED) is 0.832. The number of anilines is 1. The second-order valence-electron chi connectivity index (χ2n) is 5.23. The van der Waals surface area contributed by atoms with Crippen LogP contribution in [0.3, 0.4) is 0 Å². The van der Waals surface area contributed by atoms with Crippen molar-refractivity contribution >= 4 is 11.7 Å². The predicted octanol–water partition coefficient (Wildman–Crippen LogP) is 3.38. The molecule has 0 saturated heterocycles. The van der Waals surface area contributed by atoms with Gasteiger partial charge >= 0.3 is 5.97 Å². The van der Waals surface area contributed by atoms with Gasteiger partial charge in [0.2, 0.25) is 0 Å². The minimum atomic E-state index is -0.268. The zero-order chi connectivity index (χ0) is 13.1. The number of nitrogens with one attached hydrogen (secondary N) is 1. The molecule has 0 aliphatic heterocycles. The van der Waals surface area contributed by atoms with Gasteiger partial charge in [-0.05, 0) is 49.8 Å². The molecule has 3 heteroatoms. The second kappa shape index (κ2) is 5.42. The number of ether oxygens (including phenoxy) is 1. The fraction of sp³-hybridized carbons (Fsp3) is 0.533. The topological polar surface area (TPSA) is 38.3 Å². The second-order valence-corrected chi connectivity index (χ2v) is 5.23. The van der Waals surface area contributed by atoms with E-state index in [0.29, 0.717) is 11.6 Å². The molecule has 1 N–H and O–H groups in total. The summed E-state index contributed by atoms with van der Waals surface area (Å²) in [7, 11) is 1.42. The van der Waals surface area contributed by atoms with Crippen LogP contribution in [0.4, 0.5) is 5.69 Å². The van der Waals surface area contributed by atoms with Gasteiger partial charge in [0.05, 0.1) is 12.7 Å². The van der Waals surface area contributed by atoms with E-state index in [2.05, 4.69) is 12.2 Å². The fourth-order valence-corrected chi connectivity index (χ4v) is 2.68. The summed E-state index contributed by atoms with van der Waals surface area (Å²) < 4.78 is 4.79. The maximum Gasteiger partial charge on any atom is 0.338 e. The Balaban J connectivity index is 2.16. The van der Waals surface area contributed by atoms with Crippen molar-refractivity contribution in [2.24, 2.45) is 5.92 Å². The normalized spacial score (nSPS) is 22.8. The average molecular weight is 247 g/mol. The van der Waals surface area contributed by atoms with Crippen LogP contribution in [-0.2, 0) is 4.74 Å². The number of benzene rings is 1. The minimum Gasteiger partial charge on any atom is -0.465 e. The Kier molecular flexibility index (Phi) is 3.90. The molecule has 98 valence electrons. The first-order valence-electron chi connectivity index (χ1n) is 6.56. The molecule has 3 nitrogen and oxygen atoms in total. The molecule has 1 aromatic rings. The van der Waals surface area contributed by atoms with E-state index < -0.39 is 0 Å². The molecule has 0 bridgehead atoms. The van der Waals surface area contributed by atoms with Crippen molar-refractivity contribution < 1.29 is 9.53 Å². The molecule has 2 atom stereocenters. The zero-order valence-corrected chi connectivity index (χ0v) is 11.3. The van der Waals surface area contributed by atoms with Crippen molar-refractivity contribution in [1.29, 1.82) is 0 Å². The molecule has 0 heterocycles. The first kappa shape index (κ1) is 12.9. The van der Waals surface area contributed by atoms with E-state index in [4.69, 9.17) is 4.74 Å². The summed E-state index contributed by atoms with van der Waals surface area (Å²) in [5.41, 5.74) is 2.68. The number of carbonyl (C=O) groups is 1. The molecule has 1 aliphatic carbocycles. The lowest BCUT2D eigenvalue weighted by molar-refractivity contribution is 0.0600. The Morgan fingerprint density at radius 3 is 2.78 bits per heavy atom. The summed E-state index contributed by atoms with van der Waals surface area (Å²) in [6, 6.07) is 6.28. The van der Waals surface area contributed by atoms with Crippen LogP contribution in [0.15, 0.2) is 18.2 Å². The molecule has 2 unspecified atom stereocenters. The van der Waals surface area contributed by atoms with Gasteiger partial charge in [-0.3, -0.25) is 0 Å². The molecule has 18 heavy (non-hydrogen) atoms. The smallest absolute Gasteiger partial charge is 0.338 e. The van der Waals surface area contributed by atoms with E-state index in [9.17, 15) is 4.79 Å². The van der Waals surface area contributed by atoms with E-state index in [-0.39, 0.29) is 5.97 Å². The van der Waals surface area contributed by atoms with Crippen molar-refractivity contribution in [3.63, 3.8) is 0 Å². The van der Waals surface area contributed by atoms with E-state index >= 15 is 0 Å². The van der Waals surface area contributed by atoms with Gasteiger partial charge in [-0.25, -0.2) is 4.79 Å². The largest absolute Gasteiger partial charge is 0.465 e. The summed E-state index contributed by atoms with van der Waals surface area (Å²) in [6.07, 6.45) is 3.71. The predicted molar refractivity (Wildman–Crippen MR) is 72.9 cm³/mol. The summed E-state index contributed by atoms with van der Waals surface area (Å²) in [5, 5.41) is 3.55. The van der Waals surface area contributed by atoms with E-state index in [1.807, 2.05) is 25.1 Å². The monoisotopic (exact) mass is 247 g/mol. The third-order valence-electron chi connectivity index (χ3n) is 3.79. The Bertz CT molecular complexity index is 442. The highest BCUT2D eigenvalue weighted by Gasteiger charge is 2.22. The third-order valence-corrected chi connectivity index (χ3v) is 3.79. The van der Waals surface area contributed by atoms with E-state index in [0.717, 1.165) is 17.2 Å². The van der Waals surface area contributed by atoms with Crippen LogP contribution in [0.2, 0.25) is 0 Å². The number of methoxy groups -OCH3 is 1. The first-order valence-corrected chi connectivity index (χ1v) is 6.56. The van der Waals surface area contributed by atoms with Crippen LogP contribution < -0.4 is 5.32 Å². The molecular weight excluding hydrogens is 226 g/mol. The van der Waals surface area contributed by atoms with Gasteiger partial charge in [-0.15, -0.1) is 0 Å². The Morgan fingerprint density at radius 1 is 1.39 bits per heavy atom. The Labute approximate surface area is 109 Å². The average Bonchev–Trinajstić information content (AvgIpc) is 2.76. The van der Waals surface area contributed by atoms with Crippen LogP contribution >= 0.6 is 0 Å². The number of rotatable bonds is 3. The summed E-state index contributed by atoms with van der Waals surface area (Å²) in [6.45, 7) is 4.26. The highest BCUT2D eigenvalue weighted by molar-refractivity contribution is 5.92. The lowest BCUT2D eigenvalue weighted by Crippen LogP contribution is -2.17. The maximum atomic E-state index is 11.6.